The molecule has 9 aromatic rings. The minimum Gasteiger partial charge on any atom is -0.486 e. The molecule has 0 aliphatic rings. The van der Waals surface area contributed by atoms with Gasteiger partial charge in [0.15, 0.2) is 0 Å². The minimum atomic E-state index is -2.16. The first kappa shape index (κ1) is 37.3. The molecule has 0 unspecified atom stereocenters. The fraction of sp³-hybridized carbons (Fsp3) is 0.241. The molecule has 61 heavy (non-hydrogen) atoms. The SMILES string of the molecule is Cc1ccc2c(n1)oc1c(-c3nc4ccccc4n3-c3ccc(C(C)(C)C)cc3-c3ccccc3)[c-]ccc12.[2H]C([2H])([2H])c1c[c-]c(-c2cc(C([2H])([2H])C(C)C)c([Si](C)(C)C)cn2)cc1.[Ir]. The van der Waals surface area contributed by atoms with Crippen molar-refractivity contribution in [3.05, 3.63) is 162 Å². The monoisotopic (exact) mass is 1000 g/mol. The largest absolute Gasteiger partial charge is 0.486 e. The van der Waals surface area contributed by atoms with Gasteiger partial charge in [-0.1, -0.05) is 132 Å². The molecule has 1 radical (unpaired) electrons. The third-order valence-corrected chi connectivity index (χ3v) is 12.7. The van der Waals surface area contributed by atoms with E-state index in [2.05, 4.69) is 140 Å². The zero-order valence-electron chi connectivity index (χ0n) is 41.2. The van der Waals surface area contributed by atoms with Gasteiger partial charge >= 0.3 is 0 Å². The molecule has 0 amide bonds. The quantitative estimate of drug-likeness (QED) is 0.118. The van der Waals surface area contributed by atoms with Gasteiger partial charge in [0.05, 0.1) is 30.5 Å². The molecule has 0 saturated heterocycles. The summed E-state index contributed by atoms with van der Waals surface area (Å²) in [6.45, 7) is 16.9. The average molecular weight is 1000 g/mol. The van der Waals surface area contributed by atoms with Crippen LogP contribution in [0.15, 0.2) is 132 Å². The van der Waals surface area contributed by atoms with Crippen molar-refractivity contribution in [2.45, 2.75) is 79.8 Å². The number of nitrogens with zero attached hydrogens (tertiary/aromatic N) is 4. The van der Waals surface area contributed by atoms with Crippen LogP contribution in [0.2, 0.25) is 19.6 Å². The van der Waals surface area contributed by atoms with Crippen LogP contribution in [0.5, 0.6) is 0 Å². The zero-order chi connectivity index (χ0) is 46.6. The van der Waals surface area contributed by atoms with Gasteiger partial charge in [0.1, 0.15) is 0 Å². The van der Waals surface area contributed by atoms with Crippen LogP contribution in [-0.4, -0.2) is 27.6 Å². The third kappa shape index (κ3) is 9.11. The van der Waals surface area contributed by atoms with Crippen LogP contribution in [-0.2, 0) is 31.9 Å². The molecule has 7 heteroatoms. The number of fused-ring (bicyclic) bond motifs is 4. The van der Waals surface area contributed by atoms with E-state index in [0.717, 1.165) is 66.5 Å². The molecule has 0 N–H and O–H groups in total. The summed E-state index contributed by atoms with van der Waals surface area (Å²) >= 11 is 0. The molecule has 4 heterocycles. The average Bonchev–Trinajstić information content (AvgIpc) is 3.84. The van der Waals surface area contributed by atoms with Gasteiger partial charge in [0, 0.05) is 55.5 Å². The molecule has 9 rings (SSSR count). The summed E-state index contributed by atoms with van der Waals surface area (Å²) in [6, 6.07) is 46.7. The molecular weight excluding hydrogens is 941 g/mol. The molecule has 5 aromatic carbocycles. The van der Waals surface area contributed by atoms with Crippen molar-refractivity contribution in [2.24, 2.45) is 5.92 Å². The van der Waals surface area contributed by atoms with E-state index in [1.807, 2.05) is 51.1 Å². The molecule has 0 aliphatic carbocycles. The first-order valence-corrected chi connectivity index (χ1v) is 24.1. The molecule has 5 nitrogen and oxygen atoms in total. The number of hydrogen-bond acceptors (Lipinski definition) is 4. The minimum absolute atomic E-state index is 0. The van der Waals surface area contributed by atoms with Crippen LogP contribution in [0, 0.1) is 31.8 Å². The van der Waals surface area contributed by atoms with Crippen LogP contribution in [0.4, 0.5) is 0 Å². The summed E-state index contributed by atoms with van der Waals surface area (Å²) in [5.41, 5.74) is 11.9. The fourth-order valence-electron chi connectivity index (χ4n) is 7.58. The van der Waals surface area contributed by atoms with Gasteiger partial charge in [-0.2, -0.15) is 0 Å². The van der Waals surface area contributed by atoms with E-state index in [0.29, 0.717) is 22.5 Å². The second kappa shape index (κ2) is 17.5. The normalized spacial score (nSPS) is 13.5. The topological polar surface area (TPSA) is 56.7 Å². The van der Waals surface area contributed by atoms with Gasteiger partial charge in [-0.05, 0) is 83.0 Å². The number of hydrogen-bond donors (Lipinski definition) is 0. The summed E-state index contributed by atoms with van der Waals surface area (Å²) in [7, 11) is -1.78. The van der Waals surface area contributed by atoms with E-state index in [-0.39, 0.29) is 37.0 Å². The summed E-state index contributed by atoms with van der Waals surface area (Å²) in [5.74, 6) is 0.619. The van der Waals surface area contributed by atoms with Crippen molar-refractivity contribution >= 4 is 46.4 Å². The number of aromatic nitrogens is 4. The van der Waals surface area contributed by atoms with Crippen LogP contribution < -0.4 is 5.19 Å². The fourth-order valence-corrected chi connectivity index (χ4v) is 8.98. The Morgan fingerprint density at radius 3 is 2.33 bits per heavy atom. The van der Waals surface area contributed by atoms with Crippen LogP contribution >= 0.6 is 0 Å². The van der Waals surface area contributed by atoms with Gasteiger partial charge in [-0.15, -0.1) is 53.6 Å². The summed E-state index contributed by atoms with van der Waals surface area (Å²) in [5, 5.41) is 3.02. The molecular formula is C54H54IrN4OSi-2. The maximum Gasteiger partial charge on any atom is 0.216 e. The number of para-hydroxylation sites is 2. The molecule has 4 aromatic heterocycles. The Balaban J connectivity index is 0.000000211. The summed E-state index contributed by atoms with van der Waals surface area (Å²) in [4.78, 5) is 14.3. The van der Waals surface area contributed by atoms with Crippen LogP contribution in [0.1, 0.15) is 63.9 Å². The standard InChI is InChI=1S/C35H28N3O.C19H26NSi.Ir/c1-22-17-19-26-25-13-10-14-27(32(25)39-34(26)36-22)33-37-29-15-8-9-16-31(29)38(33)30-20-18-24(35(2,3)4)21-28(30)23-11-6-5-7-12-23;1-14(2)11-17-12-18(16-9-7-15(3)8-10-16)20-13-19(17)21(4,5)6;/h5-13,15-21H,1-4H3;7-9,12-14H,11H2,1-6H3;/q2*-1;/i;3D3,11D2;. The van der Waals surface area contributed by atoms with E-state index in [9.17, 15) is 0 Å². The number of aryl methyl sites for hydroxylation is 2. The molecule has 0 bridgehead atoms. The maximum absolute atomic E-state index is 8.59. The van der Waals surface area contributed by atoms with Gasteiger partial charge in [0.2, 0.25) is 5.71 Å². The summed E-state index contributed by atoms with van der Waals surface area (Å²) in [6.07, 6.45) is 0.328. The van der Waals surface area contributed by atoms with E-state index in [1.54, 1.807) is 18.3 Å². The Kier molecular flexibility index (Phi) is 10.7. The smallest absolute Gasteiger partial charge is 0.216 e. The van der Waals surface area contributed by atoms with E-state index in [4.69, 9.17) is 16.3 Å². The Morgan fingerprint density at radius 1 is 0.852 bits per heavy atom. The molecule has 0 fully saturated rings. The predicted octanol–water partition coefficient (Wildman–Crippen LogP) is 13.7. The van der Waals surface area contributed by atoms with Crippen LogP contribution in [0.3, 0.4) is 0 Å². The maximum atomic E-state index is 8.59. The number of pyridine rings is 2. The number of imidazole rings is 1. The Labute approximate surface area is 382 Å². The molecule has 0 aliphatic heterocycles. The molecule has 311 valence electrons. The Hall–Kier alpha value is -5.46. The van der Waals surface area contributed by atoms with Crippen molar-refractivity contribution in [1.82, 2.24) is 19.5 Å². The number of benzene rings is 5. The van der Waals surface area contributed by atoms with Crippen molar-refractivity contribution in [1.29, 1.82) is 0 Å². The van der Waals surface area contributed by atoms with Crippen molar-refractivity contribution in [3.63, 3.8) is 0 Å². The van der Waals surface area contributed by atoms with Crippen molar-refractivity contribution in [2.75, 3.05) is 0 Å². The Bertz CT molecular complexity index is 3180. The molecule has 0 saturated carbocycles. The number of rotatable bonds is 7. The first-order valence-electron chi connectivity index (χ1n) is 23.1. The second-order valence-electron chi connectivity index (χ2n) is 17.8. The van der Waals surface area contributed by atoms with Gasteiger partial charge in [0.25, 0.3) is 0 Å². The second-order valence-corrected chi connectivity index (χ2v) is 22.8. The van der Waals surface area contributed by atoms with Gasteiger partial charge in [-0.3, -0.25) is 4.98 Å². The summed E-state index contributed by atoms with van der Waals surface area (Å²) < 4.78 is 48.2. The third-order valence-electron chi connectivity index (χ3n) is 10.7. The first-order chi connectivity index (χ1) is 30.6. The molecule has 0 atom stereocenters. The van der Waals surface area contributed by atoms with Gasteiger partial charge in [-0.25, -0.2) is 4.98 Å². The van der Waals surface area contributed by atoms with E-state index >= 15 is 0 Å². The van der Waals surface area contributed by atoms with Crippen molar-refractivity contribution < 1.29 is 31.4 Å². The predicted molar refractivity (Wildman–Crippen MR) is 254 cm³/mol. The zero-order valence-corrected chi connectivity index (χ0v) is 39.6. The number of furan rings is 1. The van der Waals surface area contributed by atoms with E-state index < -0.39 is 21.3 Å². The van der Waals surface area contributed by atoms with Crippen molar-refractivity contribution in [3.8, 4) is 39.5 Å². The Morgan fingerprint density at radius 2 is 1.62 bits per heavy atom. The van der Waals surface area contributed by atoms with Gasteiger partial charge < -0.3 is 14.0 Å². The van der Waals surface area contributed by atoms with Crippen LogP contribution in [0.25, 0.3) is 72.6 Å². The molecule has 0 spiro atoms. The van der Waals surface area contributed by atoms with E-state index in [1.165, 1.54) is 11.6 Å².